The molecule has 6 nitrogen and oxygen atoms in total. The highest BCUT2D eigenvalue weighted by molar-refractivity contribution is 5.95. The number of pyridine rings is 1. The van der Waals surface area contributed by atoms with Gasteiger partial charge in [0.25, 0.3) is 5.91 Å². The molecule has 0 radical (unpaired) electrons. The van der Waals surface area contributed by atoms with E-state index in [1.807, 2.05) is 19.1 Å². The molecule has 0 spiro atoms. The van der Waals surface area contributed by atoms with E-state index in [-0.39, 0.29) is 17.6 Å². The number of hydrogen-bond donors (Lipinski definition) is 1. The van der Waals surface area contributed by atoms with Crippen LogP contribution in [-0.2, 0) is 6.42 Å². The highest BCUT2D eigenvalue weighted by atomic mass is 16.4. The van der Waals surface area contributed by atoms with Gasteiger partial charge in [0.1, 0.15) is 17.2 Å². The summed E-state index contributed by atoms with van der Waals surface area (Å²) in [5, 5.41) is 8.87. The maximum atomic E-state index is 12.7. The monoisotopic (exact) mass is 314 g/mol. The number of carbonyl (C=O) groups excluding carboxylic acids is 1. The van der Waals surface area contributed by atoms with Crippen LogP contribution in [0, 0.1) is 0 Å². The van der Waals surface area contributed by atoms with Gasteiger partial charge in [-0.15, -0.1) is 0 Å². The molecule has 3 rings (SSSR count). The van der Waals surface area contributed by atoms with Crippen molar-refractivity contribution in [1.82, 2.24) is 9.88 Å². The fourth-order valence-corrected chi connectivity index (χ4v) is 2.88. The molecule has 1 amide bonds. The molecule has 0 aliphatic carbocycles. The lowest BCUT2D eigenvalue weighted by Gasteiger charge is -2.23. The van der Waals surface area contributed by atoms with Gasteiger partial charge in [-0.05, 0) is 37.1 Å². The zero-order valence-electron chi connectivity index (χ0n) is 12.9. The molecule has 23 heavy (non-hydrogen) atoms. The Bertz CT molecular complexity index is 720. The predicted molar refractivity (Wildman–Crippen MR) is 82.3 cm³/mol. The van der Waals surface area contributed by atoms with E-state index in [9.17, 15) is 9.59 Å². The largest absolute Gasteiger partial charge is 0.477 e. The van der Waals surface area contributed by atoms with Crippen LogP contribution in [0.3, 0.4) is 0 Å². The van der Waals surface area contributed by atoms with Gasteiger partial charge in [-0.3, -0.25) is 4.79 Å². The molecule has 1 N–H and O–H groups in total. The van der Waals surface area contributed by atoms with Crippen molar-refractivity contribution in [3.05, 3.63) is 53.2 Å². The Kier molecular flexibility index (Phi) is 4.14. The number of nitrogens with zero attached hydrogens (tertiary/aromatic N) is 2. The number of hydrogen-bond acceptors (Lipinski definition) is 4. The van der Waals surface area contributed by atoms with Crippen molar-refractivity contribution < 1.29 is 19.1 Å². The number of aryl methyl sites for hydroxylation is 1. The number of carboxylic acid groups (broad SMARTS) is 1. The molecule has 1 atom stereocenters. The van der Waals surface area contributed by atoms with Crippen molar-refractivity contribution in [3.63, 3.8) is 0 Å². The average Bonchev–Trinajstić information content (AvgIpc) is 3.22. The summed E-state index contributed by atoms with van der Waals surface area (Å²) in [5.74, 6) is 0.465. The van der Waals surface area contributed by atoms with E-state index in [2.05, 4.69) is 4.98 Å². The van der Waals surface area contributed by atoms with E-state index in [1.54, 1.807) is 4.90 Å². The van der Waals surface area contributed by atoms with E-state index in [0.717, 1.165) is 30.8 Å². The molecule has 1 aliphatic rings. The number of rotatable bonds is 4. The summed E-state index contributed by atoms with van der Waals surface area (Å²) in [6.07, 6.45) is 3.92. The van der Waals surface area contributed by atoms with Crippen molar-refractivity contribution in [3.8, 4) is 0 Å². The molecule has 2 aromatic rings. The van der Waals surface area contributed by atoms with E-state index in [0.29, 0.717) is 12.1 Å². The summed E-state index contributed by atoms with van der Waals surface area (Å²) in [6.45, 7) is 2.68. The summed E-state index contributed by atoms with van der Waals surface area (Å²) in [4.78, 5) is 29.1. The molecule has 0 aromatic carbocycles. The molecule has 2 aromatic heterocycles. The molecule has 1 fully saturated rings. The fraction of sp³-hybridized carbons (Fsp3) is 0.353. The molecule has 1 aliphatic heterocycles. The van der Waals surface area contributed by atoms with Crippen LogP contribution in [0.4, 0.5) is 0 Å². The number of furan rings is 1. The van der Waals surface area contributed by atoms with Crippen LogP contribution in [0.5, 0.6) is 0 Å². The lowest BCUT2D eigenvalue weighted by atomic mass is 10.1. The molecule has 0 unspecified atom stereocenters. The minimum absolute atomic E-state index is 0.0676. The maximum absolute atomic E-state index is 12.7. The number of aromatic nitrogens is 1. The van der Waals surface area contributed by atoms with Crippen LogP contribution >= 0.6 is 0 Å². The highest BCUT2D eigenvalue weighted by Crippen LogP contribution is 2.34. The van der Waals surface area contributed by atoms with Gasteiger partial charge in [-0.25, -0.2) is 9.78 Å². The standard InChI is InChI=1S/C17H18N2O4/c1-2-12-6-8-15(23-12)14-4-3-9-19(14)16(20)11-5-7-13(17(21)22)18-10-11/h5-8,10,14H,2-4,9H2,1H3,(H,21,22)/t14-/m1/s1. The first kappa shape index (κ1) is 15.3. The smallest absolute Gasteiger partial charge is 0.354 e. The Balaban J connectivity index is 1.81. The Labute approximate surface area is 133 Å². The molecule has 120 valence electrons. The van der Waals surface area contributed by atoms with Gasteiger partial charge < -0.3 is 14.4 Å². The molecule has 3 heterocycles. The summed E-state index contributed by atoms with van der Waals surface area (Å²) in [7, 11) is 0. The quantitative estimate of drug-likeness (QED) is 0.938. The van der Waals surface area contributed by atoms with E-state index in [1.165, 1.54) is 18.3 Å². The first-order chi connectivity index (χ1) is 11.1. The minimum Gasteiger partial charge on any atom is -0.477 e. The van der Waals surface area contributed by atoms with Crippen LogP contribution in [-0.4, -0.2) is 33.4 Å². The van der Waals surface area contributed by atoms with Crippen LogP contribution < -0.4 is 0 Å². The first-order valence-electron chi connectivity index (χ1n) is 7.69. The van der Waals surface area contributed by atoms with Gasteiger partial charge in [0, 0.05) is 19.2 Å². The molecule has 1 saturated heterocycles. The SMILES string of the molecule is CCc1ccc([C@H]2CCCN2C(=O)c2ccc(C(=O)O)nc2)o1. The van der Waals surface area contributed by atoms with Crippen LogP contribution in [0.1, 0.15) is 58.2 Å². The second-order valence-corrected chi connectivity index (χ2v) is 5.55. The number of carboxylic acids is 1. The third-order valence-corrected chi connectivity index (χ3v) is 4.10. The van der Waals surface area contributed by atoms with Crippen molar-refractivity contribution in [2.75, 3.05) is 6.54 Å². The second kappa shape index (κ2) is 6.24. The Hall–Kier alpha value is -2.63. The summed E-state index contributed by atoms with van der Waals surface area (Å²) < 4.78 is 5.80. The van der Waals surface area contributed by atoms with Crippen molar-refractivity contribution in [2.45, 2.75) is 32.2 Å². The van der Waals surface area contributed by atoms with Crippen LogP contribution in [0.15, 0.2) is 34.9 Å². The Morgan fingerprint density at radius 3 is 2.78 bits per heavy atom. The lowest BCUT2D eigenvalue weighted by molar-refractivity contribution is 0.0684. The maximum Gasteiger partial charge on any atom is 0.354 e. The molecule has 0 bridgehead atoms. The predicted octanol–water partition coefficient (Wildman–Crippen LogP) is 2.91. The van der Waals surface area contributed by atoms with Crippen LogP contribution in [0.25, 0.3) is 0 Å². The molecular weight excluding hydrogens is 296 g/mol. The zero-order chi connectivity index (χ0) is 16.4. The summed E-state index contributed by atoms with van der Waals surface area (Å²) in [5.41, 5.74) is 0.322. The van der Waals surface area contributed by atoms with Crippen molar-refractivity contribution >= 4 is 11.9 Å². The second-order valence-electron chi connectivity index (χ2n) is 5.55. The topological polar surface area (TPSA) is 83.6 Å². The molecular formula is C17H18N2O4. The van der Waals surface area contributed by atoms with Crippen molar-refractivity contribution in [2.24, 2.45) is 0 Å². The van der Waals surface area contributed by atoms with Gasteiger partial charge >= 0.3 is 5.97 Å². The van der Waals surface area contributed by atoms with Gasteiger partial charge in [0.2, 0.25) is 0 Å². The Morgan fingerprint density at radius 1 is 1.35 bits per heavy atom. The minimum atomic E-state index is -1.11. The molecule has 6 heteroatoms. The molecule has 0 saturated carbocycles. The normalized spacial score (nSPS) is 17.4. The number of amides is 1. The van der Waals surface area contributed by atoms with Crippen molar-refractivity contribution in [1.29, 1.82) is 0 Å². The van der Waals surface area contributed by atoms with Crippen LogP contribution in [0.2, 0.25) is 0 Å². The lowest BCUT2D eigenvalue weighted by Crippen LogP contribution is -2.30. The zero-order valence-corrected chi connectivity index (χ0v) is 12.9. The number of aromatic carboxylic acids is 1. The Morgan fingerprint density at radius 2 is 2.17 bits per heavy atom. The summed E-state index contributed by atoms with van der Waals surface area (Å²) >= 11 is 0. The number of carbonyl (C=O) groups is 2. The third kappa shape index (κ3) is 2.97. The van der Waals surface area contributed by atoms with Gasteiger partial charge in [-0.1, -0.05) is 6.92 Å². The fourth-order valence-electron chi connectivity index (χ4n) is 2.88. The van der Waals surface area contributed by atoms with Gasteiger partial charge in [0.05, 0.1) is 11.6 Å². The van der Waals surface area contributed by atoms with E-state index < -0.39 is 5.97 Å². The van der Waals surface area contributed by atoms with Gasteiger partial charge in [0.15, 0.2) is 0 Å². The number of likely N-dealkylation sites (tertiary alicyclic amines) is 1. The van der Waals surface area contributed by atoms with E-state index in [4.69, 9.17) is 9.52 Å². The van der Waals surface area contributed by atoms with Gasteiger partial charge in [-0.2, -0.15) is 0 Å². The third-order valence-electron chi connectivity index (χ3n) is 4.10. The summed E-state index contributed by atoms with van der Waals surface area (Å²) in [6, 6.07) is 6.67. The average molecular weight is 314 g/mol. The van der Waals surface area contributed by atoms with E-state index >= 15 is 0 Å². The first-order valence-corrected chi connectivity index (χ1v) is 7.69. The highest BCUT2D eigenvalue weighted by Gasteiger charge is 2.32.